The number of hydrogen-bond acceptors (Lipinski definition) is 1. The van der Waals surface area contributed by atoms with E-state index in [9.17, 15) is 18.3 Å². The van der Waals surface area contributed by atoms with Crippen LogP contribution in [0.5, 0.6) is 0 Å². The van der Waals surface area contributed by atoms with Gasteiger partial charge in [-0.2, -0.15) is 0 Å². The Hall–Kier alpha value is -1.47. The van der Waals surface area contributed by atoms with E-state index in [0.717, 1.165) is 25.0 Å². The number of hydrogen-bond donors (Lipinski definition) is 1. The Labute approximate surface area is 97.3 Å². The van der Waals surface area contributed by atoms with Crippen LogP contribution in [0.25, 0.3) is 0 Å². The molecule has 1 aliphatic rings. The van der Waals surface area contributed by atoms with Gasteiger partial charge in [-0.25, -0.2) is 13.2 Å². The third-order valence-corrected chi connectivity index (χ3v) is 2.85. The average molecular weight is 240 g/mol. The minimum absolute atomic E-state index is 0.0294. The van der Waals surface area contributed by atoms with E-state index in [-0.39, 0.29) is 5.56 Å². The first-order chi connectivity index (χ1) is 8.00. The first-order valence-electron chi connectivity index (χ1n) is 5.40. The van der Waals surface area contributed by atoms with E-state index in [1.165, 1.54) is 0 Å². The van der Waals surface area contributed by atoms with Gasteiger partial charge in [0.1, 0.15) is 5.60 Å². The van der Waals surface area contributed by atoms with E-state index < -0.39 is 23.1 Å². The van der Waals surface area contributed by atoms with Gasteiger partial charge in [-0.1, -0.05) is 11.8 Å². The first kappa shape index (κ1) is 12.0. The monoisotopic (exact) mass is 240 g/mol. The Bertz CT molecular complexity index is 470. The molecule has 0 heterocycles. The molecule has 0 saturated heterocycles. The lowest BCUT2D eigenvalue weighted by Gasteiger charge is -2.12. The van der Waals surface area contributed by atoms with Crippen LogP contribution >= 0.6 is 0 Å². The van der Waals surface area contributed by atoms with Gasteiger partial charge in [0.25, 0.3) is 0 Å². The maximum Gasteiger partial charge on any atom is 0.194 e. The van der Waals surface area contributed by atoms with E-state index in [1.807, 2.05) is 0 Å². The minimum atomic E-state index is -1.50. The SMILES string of the molecule is OC1(C#Cc2cc(F)c(F)c(F)c2)CCCC1. The summed E-state index contributed by atoms with van der Waals surface area (Å²) in [6.07, 6.45) is 2.90. The van der Waals surface area contributed by atoms with Crippen LogP contribution < -0.4 is 0 Å². The Morgan fingerprint density at radius 2 is 1.59 bits per heavy atom. The van der Waals surface area contributed by atoms with Gasteiger partial charge in [0.05, 0.1) is 0 Å². The molecule has 0 aromatic heterocycles. The first-order valence-corrected chi connectivity index (χ1v) is 5.40. The predicted molar refractivity (Wildman–Crippen MR) is 56.6 cm³/mol. The molecule has 0 amide bonds. The molecule has 1 aliphatic carbocycles. The fourth-order valence-corrected chi connectivity index (χ4v) is 1.90. The molecule has 0 bridgehead atoms. The largest absolute Gasteiger partial charge is 0.378 e. The molecule has 17 heavy (non-hydrogen) atoms. The van der Waals surface area contributed by atoms with Crippen LogP contribution in [0, 0.1) is 29.3 Å². The molecule has 90 valence electrons. The summed E-state index contributed by atoms with van der Waals surface area (Å²) >= 11 is 0. The number of halogens is 3. The van der Waals surface area contributed by atoms with Crippen molar-refractivity contribution in [2.45, 2.75) is 31.3 Å². The zero-order valence-electron chi connectivity index (χ0n) is 9.06. The molecule has 1 fully saturated rings. The maximum absolute atomic E-state index is 12.9. The smallest absolute Gasteiger partial charge is 0.194 e. The molecule has 0 atom stereocenters. The van der Waals surface area contributed by atoms with Gasteiger partial charge in [0, 0.05) is 5.56 Å². The van der Waals surface area contributed by atoms with Crippen LogP contribution in [-0.4, -0.2) is 10.7 Å². The van der Waals surface area contributed by atoms with E-state index >= 15 is 0 Å². The molecule has 1 aromatic rings. The van der Waals surface area contributed by atoms with Crippen molar-refractivity contribution in [2.75, 3.05) is 0 Å². The molecule has 4 heteroatoms. The van der Waals surface area contributed by atoms with Gasteiger partial charge in [0.2, 0.25) is 0 Å². The zero-order chi connectivity index (χ0) is 12.5. The minimum Gasteiger partial charge on any atom is -0.378 e. The Kier molecular flexibility index (Phi) is 3.12. The van der Waals surface area contributed by atoms with Gasteiger partial charge in [0.15, 0.2) is 17.5 Å². The number of rotatable bonds is 0. The highest BCUT2D eigenvalue weighted by Crippen LogP contribution is 2.28. The van der Waals surface area contributed by atoms with Gasteiger partial charge in [-0.3, -0.25) is 0 Å². The molecule has 1 nitrogen and oxygen atoms in total. The van der Waals surface area contributed by atoms with Gasteiger partial charge >= 0.3 is 0 Å². The molecule has 2 rings (SSSR count). The second-order valence-electron chi connectivity index (χ2n) is 4.24. The summed E-state index contributed by atoms with van der Waals surface area (Å²) < 4.78 is 38.5. The van der Waals surface area contributed by atoms with Crippen LogP contribution in [-0.2, 0) is 0 Å². The lowest BCUT2D eigenvalue weighted by Crippen LogP contribution is -2.20. The summed E-state index contributed by atoms with van der Waals surface area (Å²) in [5.74, 6) is 1.04. The number of benzene rings is 1. The number of aliphatic hydroxyl groups is 1. The Morgan fingerprint density at radius 3 is 2.12 bits per heavy atom. The topological polar surface area (TPSA) is 20.2 Å². The van der Waals surface area contributed by atoms with E-state index in [1.54, 1.807) is 0 Å². The molecule has 1 N–H and O–H groups in total. The van der Waals surface area contributed by atoms with E-state index in [2.05, 4.69) is 11.8 Å². The van der Waals surface area contributed by atoms with Gasteiger partial charge < -0.3 is 5.11 Å². The molecular weight excluding hydrogens is 229 g/mol. The fraction of sp³-hybridized carbons (Fsp3) is 0.385. The highest BCUT2D eigenvalue weighted by atomic mass is 19.2. The van der Waals surface area contributed by atoms with Gasteiger partial charge in [-0.15, -0.1) is 0 Å². The maximum atomic E-state index is 12.9. The summed E-state index contributed by atoms with van der Waals surface area (Å²) in [6.45, 7) is 0. The highest BCUT2D eigenvalue weighted by Gasteiger charge is 2.28. The van der Waals surface area contributed by atoms with Crippen LogP contribution in [0.2, 0.25) is 0 Å². The normalized spacial score (nSPS) is 17.6. The lowest BCUT2D eigenvalue weighted by molar-refractivity contribution is 0.110. The van der Waals surface area contributed by atoms with Crippen LogP contribution in [0.4, 0.5) is 13.2 Å². The summed E-state index contributed by atoms with van der Waals surface area (Å²) in [5, 5.41) is 9.91. The Morgan fingerprint density at radius 1 is 1.06 bits per heavy atom. The van der Waals surface area contributed by atoms with Gasteiger partial charge in [-0.05, 0) is 37.8 Å². The molecular formula is C13H11F3O. The van der Waals surface area contributed by atoms with Crippen molar-refractivity contribution < 1.29 is 18.3 Å². The van der Waals surface area contributed by atoms with Crippen LogP contribution in [0.15, 0.2) is 12.1 Å². The lowest BCUT2D eigenvalue weighted by atomic mass is 10.0. The third kappa shape index (κ3) is 2.62. The highest BCUT2D eigenvalue weighted by molar-refractivity contribution is 5.37. The second kappa shape index (κ2) is 4.42. The molecule has 1 aromatic carbocycles. The van der Waals surface area contributed by atoms with E-state index in [4.69, 9.17) is 0 Å². The van der Waals surface area contributed by atoms with Crippen molar-refractivity contribution in [3.8, 4) is 11.8 Å². The molecule has 0 aliphatic heterocycles. The molecule has 0 spiro atoms. The summed E-state index contributed by atoms with van der Waals surface area (Å²) in [6, 6.07) is 1.65. The second-order valence-corrected chi connectivity index (χ2v) is 4.24. The van der Waals surface area contributed by atoms with Crippen molar-refractivity contribution in [2.24, 2.45) is 0 Å². The molecule has 0 radical (unpaired) electrons. The van der Waals surface area contributed by atoms with Crippen molar-refractivity contribution in [3.05, 3.63) is 35.1 Å². The zero-order valence-corrected chi connectivity index (χ0v) is 9.06. The standard InChI is InChI=1S/C13H11F3O/c14-10-7-9(8-11(15)12(10)16)3-6-13(17)4-1-2-5-13/h7-8,17H,1-2,4-5H2. The summed E-state index contributed by atoms with van der Waals surface area (Å²) in [5.41, 5.74) is -1.04. The van der Waals surface area contributed by atoms with Crippen molar-refractivity contribution in [3.63, 3.8) is 0 Å². The Balaban J connectivity index is 2.28. The quantitative estimate of drug-likeness (QED) is 0.546. The fourth-order valence-electron chi connectivity index (χ4n) is 1.90. The van der Waals surface area contributed by atoms with Crippen molar-refractivity contribution in [1.29, 1.82) is 0 Å². The van der Waals surface area contributed by atoms with Crippen LogP contribution in [0.3, 0.4) is 0 Å². The third-order valence-electron chi connectivity index (χ3n) is 2.85. The van der Waals surface area contributed by atoms with Crippen molar-refractivity contribution in [1.82, 2.24) is 0 Å². The summed E-state index contributed by atoms with van der Waals surface area (Å²) in [7, 11) is 0. The molecule has 0 unspecified atom stereocenters. The predicted octanol–water partition coefficient (Wildman–Crippen LogP) is 2.76. The van der Waals surface area contributed by atoms with Crippen molar-refractivity contribution >= 4 is 0 Å². The average Bonchev–Trinajstić information content (AvgIpc) is 2.71. The van der Waals surface area contributed by atoms with Crippen LogP contribution in [0.1, 0.15) is 31.2 Å². The molecule has 1 saturated carbocycles. The van der Waals surface area contributed by atoms with E-state index in [0.29, 0.717) is 12.8 Å². The summed E-state index contributed by atoms with van der Waals surface area (Å²) in [4.78, 5) is 0.